The molecule has 0 bridgehead atoms. The van der Waals surface area contributed by atoms with Crippen molar-refractivity contribution in [3.8, 4) is 0 Å². The molecule has 0 unspecified atom stereocenters. The van der Waals surface area contributed by atoms with Crippen LogP contribution in [-0.2, 0) is 0 Å². The second-order valence-corrected chi connectivity index (χ2v) is 5.35. The molecule has 2 rings (SSSR count). The number of benzene rings is 1. The molecular weight excluding hydrogens is 243 g/mol. The predicted octanol–water partition coefficient (Wildman–Crippen LogP) is 2.59. The van der Waals surface area contributed by atoms with E-state index in [1.54, 1.807) is 6.07 Å². The molecule has 0 aliphatic heterocycles. The van der Waals surface area contributed by atoms with Gasteiger partial charge in [0.25, 0.3) is 0 Å². The summed E-state index contributed by atoms with van der Waals surface area (Å²) in [5.74, 6) is -0.258. The number of rotatable bonds is 5. The standard InChI is InChI=1S/C15H23FN2O/c1-11(17)14-10-12(16)6-7-15(14)18(8-9-19)13-4-2-3-5-13/h6-7,10-11,13,19H,2-5,8-9,17H2,1H3/t11-/m0/s1. The molecule has 1 atom stereocenters. The van der Waals surface area contributed by atoms with Gasteiger partial charge in [0.05, 0.1) is 6.61 Å². The minimum atomic E-state index is -0.258. The molecule has 1 aromatic carbocycles. The molecule has 0 heterocycles. The summed E-state index contributed by atoms with van der Waals surface area (Å²) in [7, 11) is 0. The second-order valence-electron chi connectivity index (χ2n) is 5.35. The summed E-state index contributed by atoms with van der Waals surface area (Å²) in [5, 5.41) is 9.30. The summed E-state index contributed by atoms with van der Waals surface area (Å²) >= 11 is 0. The number of hydrogen-bond acceptors (Lipinski definition) is 3. The normalized spacial score (nSPS) is 17.7. The lowest BCUT2D eigenvalue weighted by Crippen LogP contribution is -2.36. The van der Waals surface area contributed by atoms with Crippen LogP contribution in [-0.4, -0.2) is 24.3 Å². The molecule has 1 fully saturated rings. The quantitative estimate of drug-likeness (QED) is 0.861. The van der Waals surface area contributed by atoms with E-state index in [4.69, 9.17) is 5.73 Å². The maximum Gasteiger partial charge on any atom is 0.123 e. The van der Waals surface area contributed by atoms with E-state index in [9.17, 15) is 9.50 Å². The first kappa shape index (κ1) is 14.3. The van der Waals surface area contributed by atoms with Gasteiger partial charge in [-0.05, 0) is 43.5 Å². The van der Waals surface area contributed by atoms with Crippen LogP contribution in [0.2, 0.25) is 0 Å². The largest absolute Gasteiger partial charge is 0.395 e. The van der Waals surface area contributed by atoms with Crippen molar-refractivity contribution < 1.29 is 9.50 Å². The van der Waals surface area contributed by atoms with Gasteiger partial charge in [-0.1, -0.05) is 12.8 Å². The molecule has 0 radical (unpaired) electrons. The van der Waals surface area contributed by atoms with Crippen LogP contribution in [0.15, 0.2) is 18.2 Å². The van der Waals surface area contributed by atoms with E-state index in [0.29, 0.717) is 12.6 Å². The SMILES string of the molecule is C[C@H](N)c1cc(F)ccc1N(CCO)C1CCCC1. The Morgan fingerprint density at radius 1 is 1.42 bits per heavy atom. The fourth-order valence-corrected chi connectivity index (χ4v) is 2.98. The molecule has 1 aromatic rings. The zero-order valence-electron chi connectivity index (χ0n) is 11.5. The molecule has 106 valence electrons. The molecule has 19 heavy (non-hydrogen) atoms. The Morgan fingerprint density at radius 3 is 2.68 bits per heavy atom. The lowest BCUT2D eigenvalue weighted by Gasteiger charge is -2.33. The number of aliphatic hydroxyl groups excluding tert-OH is 1. The van der Waals surface area contributed by atoms with Crippen LogP contribution >= 0.6 is 0 Å². The maximum atomic E-state index is 13.4. The Bertz CT molecular complexity index is 417. The summed E-state index contributed by atoms with van der Waals surface area (Å²) in [6.07, 6.45) is 4.72. The summed E-state index contributed by atoms with van der Waals surface area (Å²) in [6, 6.07) is 5.01. The number of aliphatic hydroxyl groups is 1. The molecule has 1 aliphatic rings. The molecular formula is C15H23FN2O. The third kappa shape index (κ3) is 3.25. The van der Waals surface area contributed by atoms with Crippen LogP contribution < -0.4 is 10.6 Å². The monoisotopic (exact) mass is 266 g/mol. The number of nitrogens with zero attached hydrogens (tertiary/aromatic N) is 1. The minimum absolute atomic E-state index is 0.103. The Kier molecular flexibility index (Phi) is 4.77. The molecule has 4 heteroatoms. The highest BCUT2D eigenvalue weighted by atomic mass is 19.1. The highest BCUT2D eigenvalue weighted by Crippen LogP contribution is 2.32. The Balaban J connectivity index is 2.34. The summed E-state index contributed by atoms with van der Waals surface area (Å²) in [6.45, 7) is 2.55. The molecule has 3 N–H and O–H groups in total. The summed E-state index contributed by atoms with van der Waals surface area (Å²) in [4.78, 5) is 2.20. The van der Waals surface area contributed by atoms with Gasteiger partial charge in [0.1, 0.15) is 5.82 Å². The zero-order chi connectivity index (χ0) is 13.8. The Morgan fingerprint density at radius 2 is 2.11 bits per heavy atom. The average molecular weight is 266 g/mol. The number of anilines is 1. The van der Waals surface area contributed by atoms with Gasteiger partial charge in [-0.2, -0.15) is 0 Å². The minimum Gasteiger partial charge on any atom is -0.395 e. The van der Waals surface area contributed by atoms with Gasteiger partial charge < -0.3 is 15.7 Å². The second kappa shape index (κ2) is 6.35. The van der Waals surface area contributed by atoms with Gasteiger partial charge in [0.2, 0.25) is 0 Å². The van der Waals surface area contributed by atoms with Crippen molar-refractivity contribution in [1.82, 2.24) is 0 Å². The molecule has 3 nitrogen and oxygen atoms in total. The van der Waals surface area contributed by atoms with E-state index in [2.05, 4.69) is 4.90 Å². The fourth-order valence-electron chi connectivity index (χ4n) is 2.98. The van der Waals surface area contributed by atoms with Gasteiger partial charge in [0, 0.05) is 24.3 Å². The van der Waals surface area contributed by atoms with Crippen LogP contribution in [0.3, 0.4) is 0 Å². The average Bonchev–Trinajstić information content (AvgIpc) is 2.90. The highest BCUT2D eigenvalue weighted by Gasteiger charge is 2.25. The first-order chi connectivity index (χ1) is 9.13. The summed E-state index contributed by atoms with van der Waals surface area (Å²) in [5.41, 5.74) is 7.75. The predicted molar refractivity (Wildman–Crippen MR) is 75.7 cm³/mol. The maximum absolute atomic E-state index is 13.4. The molecule has 0 aromatic heterocycles. The van der Waals surface area contributed by atoms with Crippen molar-refractivity contribution in [3.05, 3.63) is 29.6 Å². The van der Waals surface area contributed by atoms with Gasteiger partial charge in [-0.3, -0.25) is 0 Å². The molecule has 1 aliphatic carbocycles. The van der Waals surface area contributed by atoms with Gasteiger partial charge in [-0.25, -0.2) is 4.39 Å². The molecule has 1 saturated carbocycles. The lowest BCUT2D eigenvalue weighted by atomic mass is 10.0. The Hall–Kier alpha value is -1.13. The van der Waals surface area contributed by atoms with Crippen molar-refractivity contribution >= 4 is 5.69 Å². The third-order valence-corrected chi connectivity index (χ3v) is 3.90. The van der Waals surface area contributed by atoms with E-state index < -0.39 is 0 Å². The van der Waals surface area contributed by atoms with Crippen molar-refractivity contribution in [2.45, 2.75) is 44.7 Å². The van der Waals surface area contributed by atoms with Crippen LogP contribution in [0.25, 0.3) is 0 Å². The topological polar surface area (TPSA) is 49.5 Å². The van der Waals surface area contributed by atoms with Crippen LogP contribution in [0.5, 0.6) is 0 Å². The van der Waals surface area contributed by atoms with Crippen LogP contribution in [0.4, 0.5) is 10.1 Å². The van der Waals surface area contributed by atoms with E-state index in [1.807, 2.05) is 6.92 Å². The van der Waals surface area contributed by atoms with Crippen LogP contribution in [0, 0.1) is 5.82 Å². The van der Waals surface area contributed by atoms with Crippen molar-refractivity contribution in [1.29, 1.82) is 0 Å². The summed E-state index contributed by atoms with van der Waals surface area (Å²) < 4.78 is 13.4. The number of hydrogen-bond donors (Lipinski definition) is 2. The Labute approximate surface area is 114 Å². The first-order valence-electron chi connectivity index (χ1n) is 7.06. The zero-order valence-corrected chi connectivity index (χ0v) is 11.5. The fraction of sp³-hybridized carbons (Fsp3) is 0.600. The highest BCUT2D eigenvalue weighted by molar-refractivity contribution is 5.56. The van der Waals surface area contributed by atoms with Crippen molar-refractivity contribution in [3.63, 3.8) is 0 Å². The third-order valence-electron chi connectivity index (χ3n) is 3.90. The molecule has 0 spiro atoms. The molecule has 0 amide bonds. The van der Waals surface area contributed by atoms with E-state index in [1.165, 1.54) is 25.0 Å². The van der Waals surface area contributed by atoms with Crippen LogP contribution in [0.1, 0.15) is 44.2 Å². The molecule has 0 saturated heterocycles. The smallest absolute Gasteiger partial charge is 0.123 e. The van der Waals surface area contributed by atoms with Gasteiger partial charge >= 0.3 is 0 Å². The lowest BCUT2D eigenvalue weighted by molar-refractivity contribution is 0.297. The van der Waals surface area contributed by atoms with Crippen molar-refractivity contribution in [2.24, 2.45) is 5.73 Å². The van der Waals surface area contributed by atoms with E-state index >= 15 is 0 Å². The number of halogens is 1. The van der Waals surface area contributed by atoms with E-state index in [0.717, 1.165) is 24.1 Å². The van der Waals surface area contributed by atoms with Gasteiger partial charge in [0.15, 0.2) is 0 Å². The van der Waals surface area contributed by atoms with E-state index in [-0.39, 0.29) is 18.5 Å². The first-order valence-corrected chi connectivity index (χ1v) is 7.06. The number of nitrogens with two attached hydrogens (primary N) is 1. The van der Waals surface area contributed by atoms with Gasteiger partial charge in [-0.15, -0.1) is 0 Å². The van der Waals surface area contributed by atoms with Crippen molar-refractivity contribution in [2.75, 3.05) is 18.1 Å².